The smallest absolute Gasteiger partial charge is 0.256 e. The van der Waals surface area contributed by atoms with Gasteiger partial charge in [0.15, 0.2) is 0 Å². The van der Waals surface area contributed by atoms with Crippen molar-refractivity contribution < 1.29 is 9.90 Å². The molecular formula is C26H31N5O2. The first-order chi connectivity index (χ1) is 16.0. The lowest BCUT2D eigenvalue weighted by Gasteiger charge is -2.37. The zero-order valence-electron chi connectivity index (χ0n) is 19.2. The summed E-state index contributed by atoms with van der Waals surface area (Å²) in [6.07, 6.45) is 6.50. The number of pyridine rings is 2. The molecule has 2 atom stereocenters. The molecule has 0 radical (unpaired) electrons. The minimum Gasteiger partial charge on any atom is -0.391 e. The molecule has 0 spiro atoms. The van der Waals surface area contributed by atoms with E-state index in [1.807, 2.05) is 36.1 Å². The lowest BCUT2D eigenvalue weighted by Crippen LogP contribution is -2.45. The number of rotatable bonds is 4. The van der Waals surface area contributed by atoms with Gasteiger partial charge in [0.1, 0.15) is 5.41 Å². The van der Waals surface area contributed by atoms with Gasteiger partial charge in [-0.2, -0.15) is 5.26 Å². The van der Waals surface area contributed by atoms with Gasteiger partial charge in [-0.05, 0) is 56.4 Å². The Kier molecular flexibility index (Phi) is 5.90. The summed E-state index contributed by atoms with van der Waals surface area (Å²) in [5.74, 6) is 0.00185. The van der Waals surface area contributed by atoms with Gasteiger partial charge >= 0.3 is 0 Å². The Balaban J connectivity index is 1.29. The number of aliphatic hydroxyl groups excluding tert-OH is 1. The van der Waals surface area contributed by atoms with Gasteiger partial charge < -0.3 is 10.0 Å². The molecule has 7 nitrogen and oxygen atoms in total. The first-order valence-corrected chi connectivity index (χ1v) is 12.0. The summed E-state index contributed by atoms with van der Waals surface area (Å²) in [5.41, 5.74) is 3.87. The number of aromatic nitrogens is 2. The van der Waals surface area contributed by atoms with E-state index in [0.29, 0.717) is 12.1 Å². The van der Waals surface area contributed by atoms with Crippen LogP contribution in [-0.2, 0) is 18.5 Å². The molecular weight excluding hydrogens is 414 g/mol. The third kappa shape index (κ3) is 4.03. The highest BCUT2D eigenvalue weighted by Gasteiger charge is 2.40. The average molecular weight is 446 g/mol. The molecule has 7 heteroatoms. The summed E-state index contributed by atoms with van der Waals surface area (Å²) in [6, 6.07) is 10.2. The Morgan fingerprint density at radius 1 is 1.24 bits per heavy atom. The van der Waals surface area contributed by atoms with E-state index in [2.05, 4.69) is 16.0 Å². The van der Waals surface area contributed by atoms with Crippen molar-refractivity contribution in [3.8, 4) is 6.07 Å². The maximum atomic E-state index is 13.2. The third-order valence-corrected chi connectivity index (χ3v) is 7.78. The van der Waals surface area contributed by atoms with Gasteiger partial charge in [0.05, 0.1) is 41.7 Å². The Morgan fingerprint density at radius 2 is 2.03 bits per heavy atom. The van der Waals surface area contributed by atoms with Crippen molar-refractivity contribution in [2.75, 3.05) is 13.1 Å². The molecule has 2 fully saturated rings. The van der Waals surface area contributed by atoms with Crippen LogP contribution < -0.4 is 0 Å². The maximum absolute atomic E-state index is 13.2. The van der Waals surface area contributed by atoms with E-state index in [1.54, 1.807) is 6.20 Å². The Morgan fingerprint density at radius 3 is 2.73 bits per heavy atom. The number of nitrogens with zero attached hydrogens (tertiary/aromatic N) is 5. The van der Waals surface area contributed by atoms with Crippen molar-refractivity contribution in [1.29, 1.82) is 5.26 Å². The van der Waals surface area contributed by atoms with Crippen LogP contribution >= 0.6 is 0 Å². The average Bonchev–Trinajstić information content (AvgIpc) is 3.16. The van der Waals surface area contributed by atoms with E-state index in [9.17, 15) is 15.2 Å². The predicted molar refractivity (Wildman–Crippen MR) is 123 cm³/mol. The largest absolute Gasteiger partial charge is 0.391 e. The molecule has 2 aromatic heterocycles. The minimum atomic E-state index is -0.527. The Hall–Kier alpha value is -2.82. The summed E-state index contributed by atoms with van der Waals surface area (Å²) < 4.78 is 0. The fourth-order valence-electron chi connectivity index (χ4n) is 5.68. The minimum absolute atomic E-state index is 0.00185. The molecule has 2 aromatic rings. The van der Waals surface area contributed by atoms with E-state index in [1.165, 1.54) is 0 Å². The van der Waals surface area contributed by atoms with Gasteiger partial charge in [-0.1, -0.05) is 18.9 Å². The van der Waals surface area contributed by atoms with E-state index in [4.69, 9.17) is 4.98 Å². The maximum Gasteiger partial charge on any atom is 0.256 e. The number of likely N-dealkylation sites (tertiary alicyclic amines) is 1. The molecule has 172 valence electrons. The number of fused-ring (bicyclic) bond motifs is 1. The fourth-order valence-corrected chi connectivity index (χ4v) is 5.68. The van der Waals surface area contributed by atoms with Crippen LogP contribution in [0.4, 0.5) is 0 Å². The number of hydrogen-bond acceptors (Lipinski definition) is 6. The van der Waals surface area contributed by atoms with E-state index in [0.717, 1.165) is 80.8 Å². The standard InChI is InChI=1S/C26H31N5O2/c1-18-19(15-30-12-9-26(17-27,10-13-30)24-8-4-5-11-28-24)14-20-21(29-18)16-31(25(20)33)22-6-2-3-7-23(22)32/h4-5,8,11,14,22-23,32H,2-3,6-7,9-10,12-13,15-16H2,1H3/t22-,23-/m0/s1. The highest BCUT2D eigenvalue weighted by atomic mass is 16.3. The van der Waals surface area contributed by atoms with Crippen molar-refractivity contribution in [2.45, 2.75) is 76.1 Å². The fraction of sp³-hybridized carbons (Fsp3) is 0.538. The second kappa shape index (κ2) is 8.85. The first-order valence-electron chi connectivity index (χ1n) is 12.0. The van der Waals surface area contributed by atoms with Crippen LogP contribution in [-0.4, -0.2) is 56.0 Å². The van der Waals surface area contributed by atoms with Crippen LogP contribution in [0.15, 0.2) is 30.5 Å². The topological polar surface area (TPSA) is 93.3 Å². The van der Waals surface area contributed by atoms with Crippen LogP contribution in [0.3, 0.4) is 0 Å². The summed E-state index contributed by atoms with van der Waals surface area (Å²) in [4.78, 5) is 26.6. The number of piperidine rings is 1. The summed E-state index contributed by atoms with van der Waals surface area (Å²) in [5, 5.41) is 20.4. The summed E-state index contributed by atoms with van der Waals surface area (Å²) >= 11 is 0. The van der Waals surface area contributed by atoms with Crippen LogP contribution in [0.5, 0.6) is 0 Å². The number of aliphatic hydroxyl groups is 1. The third-order valence-electron chi connectivity index (χ3n) is 7.78. The van der Waals surface area contributed by atoms with Gasteiger partial charge in [0.2, 0.25) is 0 Å². The molecule has 33 heavy (non-hydrogen) atoms. The van der Waals surface area contributed by atoms with Gasteiger partial charge in [0.25, 0.3) is 5.91 Å². The second-order valence-corrected chi connectivity index (χ2v) is 9.76. The van der Waals surface area contributed by atoms with Gasteiger partial charge in [-0.15, -0.1) is 0 Å². The number of nitriles is 1. The Bertz CT molecular complexity index is 1070. The molecule has 0 unspecified atom stereocenters. The number of amides is 1. The number of hydrogen-bond donors (Lipinski definition) is 1. The van der Waals surface area contributed by atoms with Crippen LogP contribution in [0.1, 0.15) is 71.5 Å². The lowest BCUT2D eigenvalue weighted by molar-refractivity contribution is 0.0189. The molecule has 2 aliphatic heterocycles. The zero-order valence-corrected chi connectivity index (χ0v) is 19.2. The van der Waals surface area contributed by atoms with Gasteiger partial charge in [0, 0.05) is 31.5 Å². The highest BCUT2D eigenvalue weighted by molar-refractivity contribution is 5.98. The molecule has 1 N–H and O–H groups in total. The van der Waals surface area contributed by atoms with Crippen LogP contribution in [0, 0.1) is 18.3 Å². The monoisotopic (exact) mass is 445 g/mol. The molecule has 1 saturated heterocycles. The van der Waals surface area contributed by atoms with Gasteiger partial charge in [-0.25, -0.2) is 0 Å². The molecule has 0 bridgehead atoms. The zero-order chi connectivity index (χ0) is 23.0. The first kappa shape index (κ1) is 22.0. The summed E-state index contributed by atoms with van der Waals surface area (Å²) in [6.45, 7) is 4.82. The van der Waals surface area contributed by atoms with Crippen molar-refractivity contribution >= 4 is 5.91 Å². The van der Waals surface area contributed by atoms with Crippen molar-refractivity contribution in [3.63, 3.8) is 0 Å². The molecule has 5 rings (SSSR count). The number of carbonyl (C=O) groups excluding carboxylic acids is 1. The number of carbonyl (C=O) groups is 1. The van der Waals surface area contributed by atoms with Crippen molar-refractivity contribution in [1.82, 2.24) is 19.8 Å². The van der Waals surface area contributed by atoms with Gasteiger partial charge in [-0.3, -0.25) is 19.7 Å². The molecule has 4 heterocycles. The number of aryl methyl sites for hydroxylation is 1. The quantitative estimate of drug-likeness (QED) is 0.777. The van der Waals surface area contributed by atoms with Crippen molar-refractivity contribution in [3.05, 3.63) is 58.7 Å². The molecule has 0 aromatic carbocycles. The highest BCUT2D eigenvalue weighted by Crippen LogP contribution is 2.35. The molecule has 1 aliphatic carbocycles. The van der Waals surface area contributed by atoms with Crippen molar-refractivity contribution in [2.24, 2.45) is 0 Å². The van der Waals surface area contributed by atoms with E-state index < -0.39 is 11.5 Å². The SMILES string of the molecule is Cc1nc2c(cc1CN1CCC(C#N)(c3ccccn3)CC1)C(=O)N([C@H]1CCCC[C@@H]1O)C2. The Labute approximate surface area is 195 Å². The molecule has 3 aliphatic rings. The predicted octanol–water partition coefficient (Wildman–Crippen LogP) is 3.10. The normalized spacial score (nSPS) is 25.0. The second-order valence-electron chi connectivity index (χ2n) is 9.76. The molecule has 1 saturated carbocycles. The van der Waals surface area contributed by atoms with E-state index >= 15 is 0 Å². The lowest BCUT2D eigenvalue weighted by atomic mass is 9.76. The molecule has 1 amide bonds. The van der Waals surface area contributed by atoms with Crippen LogP contribution in [0.25, 0.3) is 0 Å². The van der Waals surface area contributed by atoms with Crippen LogP contribution in [0.2, 0.25) is 0 Å². The van der Waals surface area contributed by atoms with E-state index in [-0.39, 0.29) is 11.9 Å². The summed E-state index contributed by atoms with van der Waals surface area (Å²) in [7, 11) is 0.